The van der Waals surface area contributed by atoms with E-state index in [-0.39, 0.29) is 24.5 Å². The van der Waals surface area contributed by atoms with Gasteiger partial charge in [0.15, 0.2) is 0 Å². The molecule has 3 aliphatic heterocycles. The number of unbranched alkanes of at least 4 members (excludes halogenated alkanes) is 2. The molecule has 0 aromatic heterocycles. The third kappa shape index (κ3) is 8.49. The summed E-state index contributed by atoms with van der Waals surface area (Å²) in [7, 11) is 0. The van der Waals surface area contributed by atoms with E-state index in [9.17, 15) is 24.3 Å². The molecule has 0 aliphatic carbocycles. The first-order valence-corrected chi connectivity index (χ1v) is 19.4. The molecule has 284 valence electrons. The van der Waals surface area contributed by atoms with Crippen molar-refractivity contribution in [1.82, 2.24) is 15.1 Å². The molecule has 1 atom stereocenters. The minimum absolute atomic E-state index is 0.0982. The lowest BCUT2D eigenvalue weighted by Crippen LogP contribution is -2.54. The maximum Gasteiger partial charge on any atom is 0.262 e. The van der Waals surface area contributed by atoms with Crippen molar-refractivity contribution in [1.29, 1.82) is 0 Å². The van der Waals surface area contributed by atoms with Gasteiger partial charge < -0.3 is 19.6 Å². The third-order valence-electron chi connectivity index (χ3n) is 10.8. The van der Waals surface area contributed by atoms with Gasteiger partial charge in [0.25, 0.3) is 11.8 Å². The van der Waals surface area contributed by atoms with Crippen LogP contribution in [-0.2, 0) is 9.59 Å². The van der Waals surface area contributed by atoms with Crippen molar-refractivity contribution in [2.75, 3.05) is 44.2 Å². The normalized spacial score (nSPS) is 18.2. The van der Waals surface area contributed by atoms with Gasteiger partial charge in [0.05, 0.1) is 17.7 Å². The number of ether oxygens (including phenoxy) is 1. The average molecular weight is 741 g/mol. The molecule has 10 heteroatoms. The van der Waals surface area contributed by atoms with E-state index in [1.807, 2.05) is 36.4 Å². The number of piperidine rings is 1. The highest BCUT2D eigenvalue weighted by Gasteiger charge is 2.44. The van der Waals surface area contributed by atoms with Crippen molar-refractivity contribution in [3.05, 3.63) is 125 Å². The van der Waals surface area contributed by atoms with Crippen LogP contribution >= 0.6 is 0 Å². The average Bonchev–Trinajstić information content (AvgIpc) is 3.32. The number of benzene rings is 4. The highest BCUT2D eigenvalue weighted by atomic mass is 16.5. The summed E-state index contributed by atoms with van der Waals surface area (Å²) in [6, 6.07) is 30.6. The first kappa shape index (κ1) is 37.6. The molecule has 4 aromatic rings. The summed E-state index contributed by atoms with van der Waals surface area (Å²) in [6.07, 6.45) is 5.20. The van der Waals surface area contributed by atoms with Gasteiger partial charge in [-0.15, -0.1) is 0 Å². The Labute approximate surface area is 322 Å². The van der Waals surface area contributed by atoms with E-state index in [0.717, 1.165) is 97.9 Å². The lowest BCUT2D eigenvalue weighted by atomic mass is 9.88. The number of imide groups is 2. The molecule has 3 aliphatic rings. The molecule has 10 nitrogen and oxygen atoms in total. The molecule has 2 saturated heterocycles. The number of nitrogens with one attached hydrogen (secondary N) is 1. The maximum atomic E-state index is 13.3. The van der Waals surface area contributed by atoms with Crippen molar-refractivity contribution in [3.63, 3.8) is 0 Å². The number of nitrogens with zero attached hydrogens (tertiary/aromatic N) is 3. The van der Waals surface area contributed by atoms with E-state index < -0.39 is 23.8 Å². The van der Waals surface area contributed by atoms with Gasteiger partial charge in [-0.25, -0.2) is 0 Å². The smallest absolute Gasteiger partial charge is 0.262 e. The van der Waals surface area contributed by atoms with Crippen molar-refractivity contribution < 1.29 is 29.0 Å². The number of carbonyl (C=O) groups excluding carboxylic acids is 4. The molecule has 0 saturated carbocycles. The molecular formula is C45H48N4O6. The van der Waals surface area contributed by atoms with Gasteiger partial charge >= 0.3 is 0 Å². The Kier molecular flexibility index (Phi) is 11.7. The number of hydrogen-bond acceptors (Lipinski definition) is 8. The zero-order valence-corrected chi connectivity index (χ0v) is 31.3. The summed E-state index contributed by atoms with van der Waals surface area (Å²) in [5.41, 5.74) is 7.25. The maximum absolute atomic E-state index is 13.3. The summed E-state index contributed by atoms with van der Waals surface area (Å²) < 4.78 is 6.15. The first-order chi connectivity index (χ1) is 26.8. The van der Waals surface area contributed by atoms with Crippen molar-refractivity contribution in [2.24, 2.45) is 0 Å². The molecule has 2 N–H and O–H groups in total. The van der Waals surface area contributed by atoms with E-state index in [0.29, 0.717) is 17.7 Å². The molecular weight excluding hydrogens is 693 g/mol. The SMILES string of the molecule is CCC(=C(c1ccc(O)cc1)c1ccc(OCCCCCN2CCCN(c3ccc4c(c3)C(=O)N(C3CCC(=O)NC3=O)C4=O)CC2)cc1)c1ccccc1. The first-order valence-electron chi connectivity index (χ1n) is 19.4. The van der Waals surface area contributed by atoms with Gasteiger partial charge in [-0.2, -0.15) is 0 Å². The number of allylic oxidation sites excluding steroid dienone is 1. The summed E-state index contributed by atoms with van der Waals surface area (Å²) >= 11 is 0. The van der Waals surface area contributed by atoms with Crippen LogP contribution in [0.3, 0.4) is 0 Å². The summed E-state index contributed by atoms with van der Waals surface area (Å²) in [5, 5.41) is 12.2. The highest BCUT2D eigenvalue weighted by molar-refractivity contribution is 6.23. The molecule has 7 rings (SSSR count). The van der Waals surface area contributed by atoms with Crippen LogP contribution in [-0.4, -0.2) is 83.9 Å². The topological polar surface area (TPSA) is 119 Å². The van der Waals surface area contributed by atoms with Gasteiger partial charge in [0, 0.05) is 31.7 Å². The Morgan fingerprint density at radius 3 is 2.22 bits per heavy atom. The van der Waals surface area contributed by atoms with Gasteiger partial charge in [0.1, 0.15) is 17.5 Å². The number of phenolic OH excluding ortho intramolecular Hbond substituents is 1. The van der Waals surface area contributed by atoms with Gasteiger partial charge in [0.2, 0.25) is 11.8 Å². The Morgan fingerprint density at radius 2 is 1.49 bits per heavy atom. The zero-order chi connectivity index (χ0) is 38.3. The number of anilines is 1. The number of aromatic hydroxyl groups is 1. The second-order valence-corrected chi connectivity index (χ2v) is 14.4. The van der Waals surface area contributed by atoms with Gasteiger partial charge in [-0.05, 0) is 122 Å². The number of hydrogen-bond donors (Lipinski definition) is 2. The van der Waals surface area contributed by atoms with Gasteiger partial charge in [-0.3, -0.25) is 29.4 Å². The molecule has 2 fully saturated rings. The van der Waals surface area contributed by atoms with Gasteiger partial charge in [-0.1, -0.05) is 61.5 Å². The number of fused-ring (bicyclic) bond motifs is 1. The predicted molar refractivity (Wildman–Crippen MR) is 213 cm³/mol. The summed E-state index contributed by atoms with van der Waals surface area (Å²) in [6.45, 7) is 7.39. The van der Waals surface area contributed by atoms with Crippen LogP contribution in [0.15, 0.2) is 97.1 Å². The quantitative estimate of drug-likeness (QED) is 0.0862. The fourth-order valence-corrected chi connectivity index (χ4v) is 7.94. The molecule has 55 heavy (non-hydrogen) atoms. The lowest BCUT2D eigenvalue weighted by Gasteiger charge is -2.27. The molecule has 0 spiro atoms. The second-order valence-electron chi connectivity index (χ2n) is 14.4. The van der Waals surface area contributed by atoms with Crippen LogP contribution < -0.4 is 15.0 Å². The van der Waals surface area contributed by atoms with Crippen molar-refractivity contribution in [2.45, 2.75) is 57.9 Å². The van der Waals surface area contributed by atoms with Crippen LogP contribution in [0.2, 0.25) is 0 Å². The summed E-state index contributed by atoms with van der Waals surface area (Å²) in [5.74, 6) is -0.850. The molecule has 4 aromatic carbocycles. The third-order valence-corrected chi connectivity index (χ3v) is 10.8. The van der Waals surface area contributed by atoms with Crippen LogP contribution in [0.5, 0.6) is 11.5 Å². The Bertz CT molecular complexity index is 2060. The Morgan fingerprint density at radius 1 is 0.764 bits per heavy atom. The molecule has 0 bridgehead atoms. The van der Waals surface area contributed by atoms with E-state index >= 15 is 0 Å². The Balaban J connectivity index is 0.877. The van der Waals surface area contributed by atoms with E-state index in [2.05, 4.69) is 58.4 Å². The van der Waals surface area contributed by atoms with Crippen molar-refractivity contribution >= 4 is 40.5 Å². The number of carbonyl (C=O) groups is 4. The largest absolute Gasteiger partial charge is 0.508 e. The van der Waals surface area contributed by atoms with Crippen LogP contribution in [0.25, 0.3) is 11.1 Å². The standard InChI is InChI=1S/C45H48N4O6/c1-2-37(31-10-5-3-6-11-31)42(32-12-17-35(50)18-13-32)33-14-19-36(20-15-33)55-29-8-4-7-24-47-25-9-26-48(28-27-47)34-16-21-38-39(30-34)45(54)49(44(38)53)40-22-23-41(51)46-43(40)52/h3,5-6,10-21,30,40,50H,2,4,7-9,22-29H2,1H3,(H,46,51,52). The van der Waals surface area contributed by atoms with Crippen LogP contribution in [0.4, 0.5) is 5.69 Å². The van der Waals surface area contributed by atoms with E-state index in [4.69, 9.17) is 4.74 Å². The molecule has 0 radical (unpaired) electrons. The predicted octanol–water partition coefficient (Wildman–Crippen LogP) is 6.92. The van der Waals surface area contributed by atoms with Crippen molar-refractivity contribution in [3.8, 4) is 11.5 Å². The second kappa shape index (κ2) is 17.2. The lowest BCUT2D eigenvalue weighted by molar-refractivity contribution is -0.136. The molecule has 1 unspecified atom stereocenters. The Hall–Kier alpha value is -5.74. The minimum Gasteiger partial charge on any atom is -0.508 e. The highest BCUT2D eigenvalue weighted by Crippen LogP contribution is 2.36. The summed E-state index contributed by atoms with van der Waals surface area (Å²) in [4.78, 5) is 56.3. The number of amides is 4. The van der Waals surface area contributed by atoms with Crippen LogP contribution in [0.1, 0.15) is 89.3 Å². The minimum atomic E-state index is -0.965. The number of rotatable bonds is 13. The zero-order valence-electron chi connectivity index (χ0n) is 31.3. The van der Waals surface area contributed by atoms with E-state index in [1.54, 1.807) is 24.3 Å². The fourth-order valence-electron chi connectivity index (χ4n) is 7.94. The number of phenols is 1. The molecule has 3 heterocycles. The fraction of sp³-hybridized carbons (Fsp3) is 0.333. The monoisotopic (exact) mass is 740 g/mol. The van der Waals surface area contributed by atoms with E-state index in [1.165, 1.54) is 11.1 Å². The molecule has 4 amide bonds. The van der Waals surface area contributed by atoms with Crippen LogP contribution in [0, 0.1) is 0 Å².